The summed E-state index contributed by atoms with van der Waals surface area (Å²) in [6.45, 7) is 3.62. The fraction of sp³-hybridized carbons (Fsp3) is 0.263. The van der Waals surface area contributed by atoms with Crippen molar-refractivity contribution in [1.82, 2.24) is 19.7 Å². The third kappa shape index (κ3) is 4.73. The van der Waals surface area contributed by atoms with Gasteiger partial charge in [-0.1, -0.05) is 6.07 Å². The number of benzene rings is 1. The molecule has 9 heteroatoms. The van der Waals surface area contributed by atoms with Crippen LogP contribution in [0.15, 0.2) is 42.6 Å². The number of aryl methyl sites for hydroxylation is 2. The van der Waals surface area contributed by atoms with Gasteiger partial charge < -0.3 is 5.32 Å². The molecule has 0 radical (unpaired) electrons. The number of hydrogen-bond donors (Lipinski definition) is 1. The number of rotatable bonds is 6. The molecule has 6 nitrogen and oxygen atoms in total. The fourth-order valence-electron chi connectivity index (χ4n) is 2.61. The average molecular weight is 389 g/mol. The summed E-state index contributed by atoms with van der Waals surface area (Å²) in [5, 5.41) is 7.12. The van der Waals surface area contributed by atoms with Crippen LogP contribution in [-0.4, -0.2) is 25.5 Å². The first-order chi connectivity index (χ1) is 13.2. The molecule has 0 amide bonds. The maximum Gasteiger partial charge on any atom is 0.416 e. The van der Waals surface area contributed by atoms with Crippen molar-refractivity contribution in [2.24, 2.45) is 0 Å². The minimum atomic E-state index is -4.44. The zero-order chi connectivity index (χ0) is 20.3. The lowest BCUT2D eigenvalue weighted by atomic mass is 10.2. The van der Waals surface area contributed by atoms with Crippen LogP contribution in [0.3, 0.4) is 0 Å². The smallest absolute Gasteiger partial charge is 0.323 e. The minimum Gasteiger partial charge on any atom is -0.323 e. The molecule has 0 atom stereocenters. The molecule has 0 fully saturated rings. The highest BCUT2D eigenvalue weighted by molar-refractivity contribution is 5.75. The second-order valence-corrected chi connectivity index (χ2v) is 6.32. The molecule has 2 heterocycles. The zero-order valence-electron chi connectivity index (χ0n) is 15.3. The molecule has 1 aromatic carbocycles. The van der Waals surface area contributed by atoms with Crippen molar-refractivity contribution in [3.8, 4) is 11.4 Å². The van der Waals surface area contributed by atoms with Gasteiger partial charge in [-0.25, -0.2) is 4.68 Å². The van der Waals surface area contributed by atoms with Crippen LogP contribution in [-0.2, 0) is 17.5 Å². The first-order valence-corrected chi connectivity index (χ1v) is 8.54. The van der Waals surface area contributed by atoms with Crippen molar-refractivity contribution in [2.75, 3.05) is 5.32 Å². The van der Waals surface area contributed by atoms with E-state index in [0.29, 0.717) is 12.4 Å². The summed E-state index contributed by atoms with van der Waals surface area (Å²) in [6, 6.07) is 8.38. The van der Waals surface area contributed by atoms with E-state index in [1.165, 1.54) is 19.1 Å². The second-order valence-electron chi connectivity index (χ2n) is 6.32. The van der Waals surface area contributed by atoms with E-state index in [1.54, 1.807) is 16.9 Å². The Morgan fingerprint density at radius 3 is 2.68 bits per heavy atom. The summed E-state index contributed by atoms with van der Waals surface area (Å²) < 4.78 is 40.3. The summed E-state index contributed by atoms with van der Waals surface area (Å²) in [7, 11) is 0. The number of carbonyl (C=O) groups excluding carboxylic acids is 1. The molecule has 0 bridgehead atoms. The molecule has 0 aliphatic heterocycles. The fourth-order valence-corrected chi connectivity index (χ4v) is 2.61. The number of anilines is 2. The van der Waals surface area contributed by atoms with Crippen molar-refractivity contribution in [1.29, 1.82) is 0 Å². The molecule has 2 aromatic heterocycles. The summed E-state index contributed by atoms with van der Waals surface area (Å²) in [5.41, 5.74) is 0.987. The lowest BCUT2D eigenvalue weighted by Gasteiger charge is -2.08. The molecule has 28 heavy (non-hydrogen) atoms. The van der Waals surface area contributed by atoms with E-state index in [1.807, 2.05) is 13.0 Å². The van der Waals surface area contributed by atoms with Gasteiger partial charge in [-0.2, -0.15) is 18.2 Å². The number of halogens is 3. The van der Waals surface area contributed by atoms with Crippen LogP contribution < -0.4 is 5.32 Å². The number of nitrogens with zero attached hydrogens (tertiary/aromatic N) is 4. The van der Waals surface area contributed by atoms with Gasteiger partial charge in [0.1, 0.15) is 5.78 Å². The van der Waals surface area contributed by atoms with Crippen molar-refractivity contribution < 1.29 is 18.0 Å². The lowest BCUT2D eigenvalue weighted by molar-refractivity contribution is -0.137. The van der Waals surface area contributed by atoms with E-state index in [4.69, 9.17) is 0 Å². The molecule has 0 aliphatic carbocycles. The molecule has 1 N–H and O–H groups in total. The minimum absolute atomic E-state index is 0.000235. The Balaban J connectivity index is 1.94. The van der Waals surface area contributed by atoms with E-state index in [2.05, 4.69) is 20.4 Å². The first kappa shape index (κ1) is 19.5. The summed E-state index contributed by atoms with van der Waals surface area (Å²) >= 11 is 0. The van der Waals surface area contributed by atoms with Crippen molar-refractivity contribution in [2.45, 2.75) is 33.0 Å². The topological polar surface area (TPSA) is 72.7 Å². The van der Waals surface area contributed by atoms with Crippen LogP contribution in [0, 0.1) is 6.92 Å². The molecular formula is C19H18F3N5O. The number of Topliss-reactive ketones (excluding diaryl/α,β-unsaturated/α-hetero) is 1. The van der Waals surface area contributed by atoms with E-state index in [-0.39, 0.29) is 23.8 Å². The van der Waals surface area contributed by atoms with Gasteiger partial charge in [-0.05, 0) is 44.2 Å². The highest BCUT2D eigenvalue weighted by atomic mass is 19.4. The van der Waals surface area contributed by atoms with E-state index >= 15 is 0 Å². The monoisotopic (exact) mass is 389 g/mol. The molecule has 0 spiro atoms. The number of aromatic nitrogens is 4. The number of ketones is 1. The van der Waals surface area contributed by atoms with Crippen LogP contribution in [0.2, 0.25) is 0 Å². The predicted octanol–water partition coefficient (Wildman–Crippen LogP) is 4.39. The first-order valence-electron chi connectivity index (χ1n) is 8.54. The normalized spacial score (nSPS) is 11.5. The number of alkyl halides is 3. The van der Waals surface area contributed by atoms with Crippen molar-refractivity contribution in [3.05, 3.63) is 53.9 Å². The second kappa shape index (κ2) is 7.79. The van der Waals surface area contributed by atoms with Gasteiger partial charge in [0.15, 0.2) is 5.82 Å². The molecule has 0 saturated carbocycles. The van der Waals surface area contributed by atoms with Crippen LogP contribution in [0.25, 0.3) is 11.4 Å². The Hall–Kier alpha value is -3.23. The van der Waals surface area contributed by atoms with Crippen LogP contribution >= 0.6 is 0 Å². The van der Waals surface area contributed by atoms with Gasteiger partial charge in [0.05, 0.1) is 12.1 Å². The highest BCUT2D eigenvalue weighted by Gasteiger charge is 2.30. The number of nitrogens with one attached hydrogen (secondary N) is 1. The summed E-state index contributed by atoms with van der Waals surface area (Å²) in [5.74, 6) is 0.647. The van der Waals surface area contributed by atoms with E-state index < -0.39 is 11.7 Å². The highest BCUT2D eigenvalue weighted by Crippen LogP contribution is 2.31. The molecule has 3 rings (SSSR count). The summed E-state index contributed by atoms with van der Waals surface area (Å²) in [4.78, 5) is 19.9. The van der Waals surface area contributed by atoms with E-state index in [0.717, 1.165) is 23.4 Å². The Bertz CT molecular complexity index is 997. The molecule has 3 aromatic rings. The van der Waals surface area contributed by atoms with Crippen LogP contribution in [0.4, 0.5) is 24.8 Å². The summed E-state index contributed by atoms with van der Waals surface area (Å²) in [6.07, 6.45) is -2.54. The molecule has 0 unspecified atom stereocenters. The van der Waals surface area contributed by atoms with Gasteiger partial charge in [-0.3, -0.25) is 9.78 Å². The van der Waals surface area contributed by atoms with E-state index in [9.17, 15) is 18.0 Å². The SMILES string of the molecule is CC(=O)CCn1nc(Nc2cccc(C(F)(F)F)c2)nc1-c1ccnc(C)c1. The Kier molecular flexibility index (Phi) is 5.43. The van der Waals surface area contributed by atoms with Gasteiger partial charge in [0, 0.05) is 29.6 Å². The van der Waals surface area contributed by atoms with Gasteiger partial charge in [0.25, 0.3) is 0 Å². The zero-order valence-corrected chi connectivity index (χ0v) is 15.3. The van der Waals surface area contributed by atoms with Crippen LogP contribution in [0.5, 0.6) is 0 Å². The third-order valence-corrected chi connectivity index (χ3v) is 3.95. The van der Waals surface area contributed by atoms with Crippen molar-refractivity contribution >= 4 is 17.4 Å². The Morgan fingerprint density at radius 1 is 1.21 bits per heavy atom. The van der Waals surface area contributed by atoms with Gasteiger partial charge >= 0.3 is 6.18 Å². The largest absolute Gasteiger partial charge is 0.416 e. The molecular weight excluding hydrogens is 371 g/mol. The van der Waals surface area contributed by atoms with Crippen LogP contribution in [0.1, 0.15) is 24.6 Å². The molecule has 0 aliphatic rings. The predicted molar refractivity (Wildman–Crippen MR) is 98.0 cm³/mol. The lowest BCUT2D eigenvalue weighted by Crippen LogP contribution is -2.07. The Labute approximate surface area is 159 Å². The van der Waals surface area contributed by atoms with Gasteiger partial charge in [-0.15, -0.1) is 5.10 Å². The molecule has 0 saturated heterocycles. The molecule has 146 valence electrons. The Morgan fingerprint density at radius 2 is 2.00 bits per heavy atom. The maximum absolute atomic E-state index is 12.9. The number of carbonyl (C=O) groups is 1. The number of pyridine rings is 1. The third-order valence-electron chi connectivity index (χ3n) is 3.95. The number of hydrogen-bond acceptors (Lipinski definition) is 5. The quantitative estimate of drug-likeness (QED) is 0.677. The standard InChI is InChI=1S/C19H18F3N5O/c1-12-10-14(6-8-23-12)17-25-18(26-27(17)9-7-13(2)28)24-16-5-3-4-15(11-16)19(20,21)22/h3-6,8,10-11H,7,9H2,1-2H3,(H,24,26). The van der Waals surface area contributed by atoms with Gasteiger partial charge in [0.2, 0.25) is 5.95 Å². The average Bonchev–Trinajstić information content (AvgIpc) is 3.02. The maximum atomic E-state index is 12.9. The van der Waals surface area contributed by atoms with Crippen molar-refractivity contribution in [3.63, 3.8) is 0 Å².